The highest BCUT2D eigenvalue weighted by Gasteiger charge is 2.22. The molecule has 0 aromatic carbocycles. The molecule has 0 saturated carbocycles. The SMILES string of the molecule is CCCNCc1cn[nH]c1S(=O)(=O)NCC1CCSCC1. The van der Waals surface area contributed by atoms with Crippen LogP contribution in [-0.4, -0.2) is 43.2 Å². The minimum atomic E-state index is -3.50. The predicted molar refractivity (Wildman–Crippen MR) is 85.8 cm³/mol. The van der Waals surface area contributed by atoms with Crippen molar-refractivity contribution >= 4 is 21.8 Å². The first kappa shape index (κ1) is 16.8. The summed E-state index contributed by atoms with van der Waals surface area (Å²) in [7, 11) is -3.50. The standard InChI is InChI=1S/C13H24N4O2S2/c1-2-5-14-9-12-10-15-17-13(12)21(18,19)16-8-11-3-6-20-7-4-11/h10-11,14,16H,2-9H2,1H3,(H,15,17). The van der Waals surface area contributed by atoms with Crippen molar-refractivity contribution in [3.63, 3.8) is 0 Å². The normalized spacial score (nSPS) is 17.2. The molecule has 0 spiro atoms. The van der Waals surface area contributed by atoms with Gasteiger partial charge in [0.05, 0.1) is 6.20 Å². The van der Waals surface area contributed by atoms with Crippen LogP contribution in [0.25, 0.3) is 0 Å². The van der Waals surface area contributed by atoms with Crippen LogP contribution in [-0.2, 0) is 16.6 Å². The van der Waals surface area contributed by atoms with Crippen molar-refractivity contribution in [2.75, 3.05) is 24.6 Å². The maximum atomic E-state index is 12.4. The third kappa shape index (κ3) is 4.98. The Kier molecular flexibility index (Phi) is 6.53. The van der Waals surface area contributed by atoms with Crippen molar-refractivity contribution in [2.24, 2.45) is 5.92 Å². The van der Waals surface area contributed by atoms with Crippen LogP contribution < -0.4 is 10.0 Å². The van der Waals surface area contributed by atoms with Gasteiger partial charge in [0.2, 0.25) is 0 Å². The maximum absolute atomic E-state index is 12.4. The van der Waals surface area contributed by atoms with Gasteiger partial charge in [-0.1, -0.05) is 6.92 Å². The fourth-order valence-electron chi connectivity index (χ4n) is 2.31. The number of nitrogens with one attached hydrogen (secondary N) is 3. The lowest BCUT2D eigenvalue weighted by Crippen LogP contribution is -2.32. The second-order valence-electron chi connectivity index (χ2n) is 5.31. The van der Waals surface area contributed by atoms with E-state index in [1.165, 1.54) is 0 Å². The molecule has 1 aliphatic rings. The molecule has 1 fully saturated rings. The molecule has 6 nitrogen and oxygen atoms in total. The van der Waals surface area contributed by atoms with Gasteiger partial charge in [-0.15, -0.1) is 0 Å². The van der Waals surface area contributed by atoms with Gasteiger partial charge < -0.3 is 5.32 Å². The Hall–Kier alpha value is -0.570. The van der Waals surface area contributed by atoms with E-state index in [0.717, 1.165) is 37.3 Å². The molecule has 1 aromatic rings. The molecule has 0 aliphatic carbocycles. The van der Waals surface area contributed by atoms with Crippen LogP contribution in [0.4, 0.5) is 0 Å². The number of H-pyrrole nitrogens is 1. The molecule has 8 heteroatoms. The van der Waals surface area contributed by atoms with Crippen LogP contribution in [0.3, 0.4) is 0 Å². The fraction of sp³-hybridized carbons (Fsp3) is 0.769. The van der Waals surface area contributed by atoms with Gasteiger partial charge in [0.25, 0.3) is 10.0 Å². The van der Waals surface area contributed by atoms with E-state index in [-0.39, 0.29) is 5.03 Å². The highest BCUT2D eigenvalue weighted by molar-refractivity contribution is 7.99. The largest absolute Gasteiger partial charge is 0.313 e. The molecule has 3 N–H and O–H groups in total. The van der Waals surface area contributed by atoms with Crippen LogP contribution in [0, 0.1) is 5.92 Å². The Morgan fingerprint density at radius 3 is 2.90 bits per heavy atom. The zero-order valence-corrected chi connectivity index (χ0v) is 14.0. The van der Waals surface area contributed by atoms with E-state index >= 15 is 0 Å². The lowest BCUT2D eigenvalue weighted by atomic mass is 10.0. The smallest absolute Gasteiger partial charge is 0.257 e. The van der Waals surface area contributed by atoms with Crippen molar-refractivity contribution in [2.45, 2.75) is 37.8 Å². The number of hydrogen-bond donors (Lipinski definition) is 3. The van der Waals surface area contributed by atoms with Crippen molar-refractivity contribution in [3.05, 3.63) is 11.8 Å². The van der Waals surface area contributed by atoms with Crippen molar-refractivity contribution in [3.8, 4) is 0 Å². The van der Waals surface area contributed by atoms with E-state index in [4.69, 9.17) is 0 Å². The van der Waals surface area contributed by atoms with Gasteiger partial charge in [-0.2, -0.15) is 16.9 Å². The molecule has 1 saturated heterocycles. The predicted octanol–water partition coefficient (Wildman–Crippen LogP) is 1.33. The molecule has 2 rings (SSSR count). The van der Waals surface area contributed by atoms with E-state index in [1.807, 2.05) is 11.8 Å². The molecule has 0 bridgehead atoms. The minimum Gasteiger partial charge on any atom is -0.313 e. The van der Waals surface area contributed by atoms with Gasteiger partial charge in [-0.05, 0) is 43.2 Å². The molecule has 21 heavy (non-hydrogen) atoms. The number of thioether (sulfide) groups is 1. The highest BCUT2D eigenvalue weighted by Crippen LogP contribution is 2.22. The molecule has 1 aliphatic heterocycles. The Morgan fingerprint density at radius 1 is 1.43 bits per heavy atom. The van der Waals surface area contributed by atoms with Gasteiger partial charge in [-0.25, -0.2) is 13.1 Å². The molecule has 0 atom stereocenters. The zero-order valence-electron chi connectivity index (χ0n) is 12.4. The number of aromatic amines is 1. The molecule has 2 heterocycles. The average Bonchev–Trinajstić information content (AvgIpc) is 2.96. The third-order valence-corrected chi connectivity index (χ3v) is 6.08. The van der Waals surface area contributed by atoms with Crippen LogP contribution in [0.2, 0.25) is 0 Å². The van der Waals surface area contributed by atoms with Gasteiger partial charge in [0.15, 0.2) is 5.03 Å². The fourth-order valence-corrected chi connectivity index (χ4v) is 4.75. The van der Waals surface area contributed by atoms with Gasteiger partial charge >= 0.3 is 0 Å². The summed E-state index contributed by atoms with van der Waals surface area (Å²) in [5, 5.41) is 9.88. The summed E-state index contributed by atoms with van der Waals surface area (Å²) in [5.74, 6) is 2.70. The summed E-state index contributed by atoms with van der Waals surface area (Å²) in [6.45, 7) is 3.96. The zero-order chi connectivity index (χ0) is 15.1. The van der Waals surface area contributed by atoms with E-state index in [1.54, 1.807) is 6.20 Å². The Morgan fingerprint density at radius 2 is 2.19 bits per heavy atom. The molecular weight excluding hydrogens is 308 g/mol. The summed E-state index contributed by atoms with van der Waals surface area (Å²) >= 11 is 1.94. The summed E-state index contributed by atoms with van der Waals surface area (Å²) in [5.41, 5.74) is 0.690. The molecule has 0 amide bonds. The topological polar surface area (TPSA) is 86.9 Å². The minimum absolute atomic E-state index is 0.191. The summed E-state index contributed by atoms with van der Waals surface area (Å²) in [6, 6.07) is 0. The molecule has 0 radical (unpaired) electrons. The first-order valence-electron chi connectivity index (χ1n) is 7.44. The molecule has 120 valence electrons. The Balaban J connectivity index is 1.93. The van der Waals surface area contributed by atoms with Crippen molar-refractivity contribution < 1.29 is 8.42 Å². The molecular formula is C13H24N4O2S2. The van der Waals surface area contributed by atoms with Crippen LogP contribution in [0.1, 0.15) is 31.7 Å². The number of aromatic nitrogens is 2. The average molecular weight is 332 g/mol. The lowest BCUT2D eigenvalue weighted by Gasteiger charge is -2.21. The monoisotopic (exact) mass is 332 g/mol. The Bertz CT molecular complexity index is 524. The summed E-state index contributed by atoms with van der Waals surface area (Å²) in [4.78, 5) is 0. The van der Waals surface area contributed by atoms with Crippen LogP contribution in [0.15, 0.2) is 11.2 Å². The Labute approximate surface area is 130 Å². The summed E-state index contributed by atoms with van der Waals surface area (Å²) in [6.07, 6.45) is 4.76. The van der Waals surface area contributed by atoms with Gasteiger partial charge in [0.1, 0.15) is 0 Å². The van der Waals surface area contributed by atoms with E-state index in [0.29, 0.717) is 24.6 Å². The number of sulfonamides is 1. The van der Waals surface area contributed by atoms with E-state index < -0.39 is 10.0 Å². The second-order valence-corrected chi connectivity index (χ2v) is 8.24. The molecule has 1 aromatic heterocycles. The van der Waals surface area contributed by atoms with Crippen LogP contribution in [0.5, 0.6) is 0 Å². The van der Waals surface area contributed by atoms with Gasteiger partial charge in [-0.3, -0.25) is 5.10 Å². The van der Waals surface area contributed by atoms with Crippen molar-refractivity contribution in [1.29, 1.82) is 0 Å². The van der Waals surface area contributed by atoms with Crippen molar-refractivity contribution in [1.82, 2.24) is 20.2 Å². The van der Waals surface area contributed by atoms with Gasteiger partial charge in [0, 0.05) is 18.7 Å². The van der Waals surface area contributed by atoms with E-state index in [2.05, 4.69) is 27.2 Å². The van der Waals surface area contributed by atoms with Crippen LogP contribution >= 0.6 is 11.8 Å². The highest BCUT2D eigenvalue weighted by atomic mass is 32.2. The number of hydrogen-bond acceptors (Lipinski definition) is 5. The third-order valence-electron chi connectivity index (χ3n) is 3.59. The number of nitrogens with zero attached hydrogens (tertiary/aromatic N) is 1. The first-order valence-corrected chi connectivity index (χ1v) is 10.1. The lowest BCUT2D eigenvalue weighted by molar-refractivity contribution is 0.475. The quantitative estimate of drug-likeness (QED) is 0.625. The first-order chi connectivity index (χ1) is 10.1. The summed E-state index contributed by atoms with van der Waals surface area (Å²) < 4.78 is 27.5. The number of rotatable bonds is 8. The second kappa shape index (κ2) is 8.17. The maximum Gasteiger partial charge on any atom is 0.257 e. The van der Waals surface area contributed by atoms with E-state index in [9.17, 15) is 8.42 Å². The molecule has 0 unspecified atom stereocenters.